The van der Waals surface area contributed by atoms with E-state index >= 15 is 0 Å². The smallest absolute Gasteiger partial charge is 0.310 e. The molecule has 0 aliphatic rings. The summed E-state index contributed by atoms with van der Waals surface area (Å²) in [4.78, 5) is 11.4. The van der Waals surface area contributed by atoms with Gasteiger partial charge in [0.25, 0.3) is 0 Å². The van der Waals surface area contributed by atoms with Gasteiger partial charge in [0.05, 0.1) is 18.6 Å². The number of rotatable bonds is 4. The third-order valence-corrected chi connectivity index (χ3v) is 2.47. The fourth-order valence-electron chi connectivity index (χ4n) is 1.63. The summed E-state index contributed by atoms with van der Waals surface area (Å²) < 4.78 is 18.7. The molecule has 0 bridgehead atoms. The Kier molecular flexibility index (Phi) is 4.65. The Hall–Kier alpha value is -1.89. The van der Waals surface area contributed by atoms with Gasteiger partial charge >= 0.3 is 5.97 Å². The third-order valence-electron chi connectivity index (χ3n) is 2.47. The first-order chi connectivity index (χ1) is 8.13. The van der Waals surface area contributed by atoms with Gasteiger partial charge in [0.2, 0.25) is 0 Å². The summed E-state index contributed by atoms with van der Waals surface area (Å²) in [6.45, 7) is 3.83. The second kappa shape index (κ2) is 6.00. The van der Waals surface area contributed by atoms with E-state index in [4.69, 9.17) is 10.00 Å². The van der Waals surface area contributed by atoms with Gasteiger partial charge < -0.3 is 4.74 Å². The number of carbonyl (C=O) groups is 1. The Morgan fingerprint density at radius 3 is 2.71 bits per heavy atom. The van der Waals surface area contributed by atoms with E-state index in [0.29, 0.717) is 6.42 Å². The maximum Gasteiger partial charge on any atom is 0.310 e. The second-order valence-electron chi connectivity index (χ2n) is 3.51. The largest absolute Gasteiger partial charge is 0.466 e. The van der Waals surface area contributed by atoms with Gasteiger partial charge in [0.1, 0.15) is 11.9 Å². The van der Waals surface area contributed by atoms with Crippen LogP contribution in [0.15, 0.2) is 12.1 Å². The highest BCUT2D eigenvalue weighted by Crippen LogP contribution is 2.19. The molecule has 0 N–H and O–H groups in total. The highest BCUT2D eigenvalue weighted by atomic mass is 19.1. The minimum Gasteiger partial charge on any atom is -0.466 e. The number of nitrogens with zero attached hydrogens (tertiary/aromatic N) is 1. The van der Waals surface area contributed by atoms with Crippen molar-refractivity contribution in [3.8, 4) is 6.07 Å². The molecular weight excluding hydrogens is 221 g/mol. The second-order valence-corrected chi connectivity index (χ2v) is 3.51. The molecule has 17 heavy (non-hydrogen) atoms. The summed E-state index contributed by atoms with van der Waals surface area (Å²) in [5.41, 5.74) is 0.959. The summed E-state index contributed by atoms with van der Waals surface area (Å²) in [6, 6.07) is 4.88. The molecule has 0 radical (unpaired) electrons. The molecule has 0 fully saturated rings. The highest BCUT2D eigenvalue weighted by Gasteiger charge is 2.16. The standard InChI is InChI=1S/C13H14FNO2/c1-3-9-5-6-10(8-15)13(14)11(9)7-12(16)17-4-2/h5-6H,3-4,7H2,1-2H3. The van der Waals surface area contributed by atoms with Crippen molar-refractivity contribution < 1.29 is 13.9 Å². The first-order valence-electron chi connectivity index (χ1n) is 5.50. The van der Waals surface area contributed by atoms with E-state index in [2.05, 4.69) is 0 Å². The van der Waals surface area contributed by atoms with Crippen LogP contribution in [0.4, 0.5) is 4.39 Å². The van der Waals surface area contributed by atoms with Crippen LogP contribution < -0.4 is 0 Å². The van der Waals surface area contributed by atoms with Crippen LogP contribution in [-0.4, -0.2) is 12.6 Å². The zero-order chi connectivity index (χ0) is 12.8. The lowest BCUT2D eigenvalue weighted by atomic mass is 9.99. The van der Waals surface area contributed by atoms with Crippen molar-refractivity contribution in [1.82, 2.24) is 0 Å². The van der Waals surface area contributed by atoms with Gasteiger partial charge in [-0.25, -0.2) is 4.39 Å². The van der Waals surface area contributed by atoms with E-state index in [0.717, 1.165) is 5.56 Å². The summed E-state index contributed by atoms with van der Waals surface area (Å²) in [5, 5.41) is 8.74. The number of carbonyl (C=O) groups excluding carboxylic acids is 1. The van der Waals surface area contributed by atoms with Gasteiger partial charge in [-0.1, -0.05) is 13.0 Å². The SMILES string of the molecule is CCOC(=O)Cc1c(CC)ccc(C#N)c1F. The molecule has 0 saturated carbocycles. The molecule has 1 rings (SSSR count). The minimum atomic E-state index is -0.611. The summed E-state index contributed by atoms with van der Waals surface area (Å²) in [7, 11) is 0. The zero-order valence-corrected chi connectivity index (χ0v) is 9.92. The first kappa shape index (κ1) is 13.2. The topological polar surface area (TPSA) is 50.1 Å². The molecule has 0 aromatic heterocycles. The number of benzene rings is 1. The third kappa shape index (κ3) is 3.04. The molecule has 1 aromatic carbocycles. The van der Waals surface area contributed by atoms with Gasteiger partial charge in [-0.3, -0.25) is 4.79 Å². The predicted molar refractivity (Wildman–Crippen MR) is 60.8 cm³/mol. The molecule has 0 atom stereocenters. The lowest BCUT2D eigenvalue weighted by Gasteiger charge is -2.09. The van der Waals surface area contributed by atoms with Crippen LogP contribution in [-0.2, 0) is 22.4 Å². The molecule has 0 aliphatic carbocycles. The van der Waals surface area contributed by atoms with E-state index in [-0.39, 0.29) is 24.2 Å². The number of halogens is 1. The maximum atomic E-state index is 13.9. The summed E-state index contributed by atoms with van der Waals surface area (Å²) in [6.07, 6.45) is 0.482. The monoisotopic (exact) mass is 235 g/mol. The molecule has 3 nitrogen and oxygen atoms in total. The zero-order valence-electron chi connectivity index (χ0n) is 9.92. The van der Waals surface area contributed by atoms with Crippen molar-refractivity contribution in [2.45, 2.75) is 26.7 Å². The van der Waals surface area contributed by atoms with Crippen LogP contribution in [0.2, 0.25) is 0 Å². The number of hydrogen-bond acceptors (Lipinski definition) is 3. The molecular formula is C13H14FNO2. The van der Waals surface area contributed by atoms with Crippen molar-refractivity contribution in [2.24, 2.45) is 0 Å². The molecule has 0 amide bonds. The van der Waals surface area contributed by atoms with E-state index in [9.17, 15) is 9.18 Å². The molecule has 0 aliphatic heterocycles. The maximum absolute atomic E-state index is 13.9. The van der Waals surface area contributed by atoms with Gasteiger partial charge in [-0.15, -0.1) is 0 Å². The molecule has 0 heterocycles. The van der Waals surface area contributed by atoms with Crippen LogP contribution >= 0.6 is 0 Å². The highest BCUT2D eigenvalue weighted by molar-refractivity contribution is 5.73. The minimum absolute atomic E-state index is 0.0403. The van der Waals surface area contributed by atoms with Crippen LogP contribution in [0.3, 0.4) is 0 Å². The van der Waals surface area contributed by atoms with Crippen LogP contribution in [0.5, 0.6) is 0 Å². The van der Waals surface area contributed by atoms with Crippen molar-refractivity contribution in [1.29, 1.82) is 5.26 Å². The predicted octanol–water partition coefficient (Wildman–Crippen LogP) is 2.37. The molecule has 4 heteroatoms. The van der Waals surface area contributed by atoms with Crippen LogP contribution in [0, 0.1) is 17.1 Å². The van der Waals surface area contributed by atoms with Crippen molar-refractivity contribution in [2.75, 3.05) is 6.61 Å². The lowest BCUT2D eigenvalue weighted by Crippen LogP contribution is -2.11. The number of esters is 1. The van der Waals surface area contributed by atoms with E-state index in [1.807, 2.05) is 6.92 Å². The van der Waals surface area contributed by atoms with Crippen molar-refractivity contribution in [3.05, 3.63) is 34.6 Å². The number of hydrogen-bond donors (Lipinski definition) is 0. The Morgan fingerprint density at radius 2 is 2.18 bits per heavy atom. The molecule has 0 spiro atoms. The molecule has 90 valence electrons. The normalized spacial score (nSPS) is 9.76. The van der Waals surface area contributed by atoms with Crippen LogP contribution in [0.25, 0.3) is 0 Å². The Labute approximate surface area is 99.8 Å². The van der Waals surface area contributed by atoms with Crippen molar-refractivity contribution in [3.63, 3.8) is 0 Å². The molecule has 1 aromatic rings. The summed E-state index contributed by atoms with van der Waals surface area (Å²) >= 11 is 0. The van der Waals surface area contributed by atoms with E-state index < -0.39 is 11.8 Å². The van der Waals surface area contributed by atoms with Gasteiger partial charge in [-0.2, -0.15) is 5.26 Å². The van der Waals surface area contributed by atoms with Gasteiger partial charge in [-0.05, 0) is 25.0 Å². The average molecular weight is 235 g/mol. The number of ether oxygens (including phenoxy) is 1. The van der Waals surface area contributed by atoms with Crippen LogP contribution in [0.1, 0.15) is 30.5 Å². The van der Waals surface area contributed by atoms with Gasteiger partial charge in [0.15, 0.2) is 0 Å². The van der Waals surface area contributed by atoms with Crippen molar-refractivity contribution >= 4 is 5.97 Å². The Morgan fingerprint density at radius 1 is 1.47 bits per heavy atom. The Bertz CT molecular complexity index is 463. The van der Waals surface area contributed by atoms with E-state index in [1.54, 1.807) is 19.1 Å². The lowest BCUT2D eigenvalue weighted by molar-refractivity contribution is -0.142. The fraction of sp³-hybridized carbons (Fsp3) is 0.385. The van der Waals surface area contributed by atoms with E-state index in [1.165, 1.54) is 6.07 Å². The summed E-state index contributed by atoms with van der Waals surface area (Å²) in [5.74, 6) is -1.09. The number of nitriles is 1. The average Bonchev–Trinajstić information content (AvgIpc) is 2.32. The fourth-order valence-corrected chi connectivity index (χ4v) is 1.63. The first-order valence-corrected chi connectivity index (χ1v) is 5.50. The molecule has 0 unspecified atom stereocenters. The number of aryl methyl sites for hydroxylation is 1. The molecule has 0 saturated heterocycles. The Balaban J connectivity index is 3.11. The van der Waals surface area contributed by atoms with Gasteiger partial charge in [0, 0.05) is 5.56 Å². The quantitative estimate of drug-likeness (QED) is 0.753.